The van der Waals surface area contributed by atoms with Crippen molar-refractivity contribution in [3.05, 3.63) is 70.8 Å². The number of aliphatic hydroxyl groups is 1. The first-order chi connectivity index (χ1) is 14.0. The summed E-state index contributed by atoms with van der Waals surface area (Å²) in [5.41, 5.74) is 10.0. The molecule has 0 spiro atoms. The summed E-state index contributed by atoms with van der Waals surface area (Å²) in [6.07, 6.45) is 4.52. The summed E-state index contributed by atoms with van der Waals surface area (Å²) in [5, 5.41) is 10.2. The van der Waals surface area contributed by atoms with Crippen LogP contribution >= 0.6 is 0 Å². The van der Waals surface area contributed by atoms with Crippen LogP contribution in [0.1, 0.15) is 62.0 Å². The summed E-state index contributed by atoms with van der Waals surface area (Å²) in [6, 6.07) is 15.4. The van der Waals surface area contributed by atoms with Gasteiger partial charge in [0.2, 0.25) is 0 Å². The number of piperidine rings is 1. The van der Waals surface area contributed by atoms with E-state index >= 15 is 0 Å². The molecule has 1 fully saturated rings. The van der Waals surface area contributed by atoms with Crippen LogP contribution in [0.15, 0.2) is 54.1 Å². The number of Topliss-reactive ketones (excluding diaryl/α,β-unsaturated/α-hetero) is 1. The van der Waals surface area contributed by atoms with Gasteiger partial charge in [0.15, 0.2) is 5.78 Å². The SMILES string of the molecule is CC(C)(O)CN1CCC(=Cc2ccc(C(=O)Cc3ccccc3N)cc2)CC1(C)C. The molecule has 0 unspecified atom stereocenters. The number of benzene rings is 2. The van der Waals surface area contributed by atoms with Crippen LogP contribution in [0.3, 0.4) is 0 Å². The zero-order chi connectivity index (χ0) is 21.9. The molecular formula is C26H34N2O2. The fraction of sp³-hybridized carbons (Fsp3) is 0.423. The molecule has 3 rings (SSSR count). The molecule has 3 N–H and O–H groups in total. The van der Waals surface area contributed by atoms with Gasteiger partial charge < -0.3 is 10.8 Å². The number of para-hydroxylation sites is 1. The van der Waals surface area contributed by atoms with Gasteiger partial charge in [-0.05, 0) is 57.7 Å². The Morgan fingerprint density at radius 2 is 1.83 bits per heavy atom. The molecule has 160 valence electrons. The number of carbonyl (C=O) groups excluding carboxylic acids is 1. The Bertz CT molecular complexity index is 921. The van der Waals surface area contributed by atoms with Crippen LogP contribution in [0.5, 0.6) is 0 Å². The summed E-state index contributed by atoms with van der Waals surface area (Å²) in [5.74, 6) is 0.0770. The third-order valence-corrected chi connectivity index (χ3v) is 5.81. The molecule has 0 aliphatic carbocycles. The Labute approximate surface area is 180 Å². The number of nitrogens with zero attached hydrogens (tertiary/aromatic N) is 1. The number of nitrogens with two attached hydrogens (primary N) is 1. The van der Waals surface area contributed by atoms with E-state index in [9.17, 15) is 9.90 Å². The Morgan fingerprint density at radius 1 is 1.17 bits per heavy atom. The maximum absolute atomic E-state index is 12.6. The van der Waals surface area contributed by atoms with E-state index in [0.717, 1.165) is 30.5 Å². The zero-order valence-corrected chi connectivity index (χ0v) is 18.6. The van der Waals surface area contributed by atoms with Gasteiger partial charge in [-0.15, -0.1) is 0 Å². The second-order valence-electron chi connectivity index (χ2n) is 9.70. The summed E-state index contributed by atoms with van der Waals surface area (Å²) < 4.78 is 0. The second kappa shape index (κ2) is 8.75. The van der Waals surface area contributed by atoms with Crippen molar-refractivity contribution in [2.24, 2.45) is 0 Å². The predicted molar refractivity (Wildman–Crippen MR) is 124 cm³/mol. The number of ketones is 1. The summed E-state index contributed by atoms with van der Waals surface area (Å²) in [6.45, 7) is 9.83. The molecule has 1 heterocycles. The van der Waals surface area contributed by atoms with Gasteiger partial charge in [-0.3, -0.25) is 9.69 Å². The van der Waals surface area contributed by atoms with Gasteiger partial charge in [-0.2, -0.15) is 0 Å². The van der Waals surface area contributed by atoms with Crippen molar-refractivity contribution in [3.8, 4) is 0 Å². The van der Waals surface area contributed by atoms with Crippen molar-refractivity contribution in [2.75, 3.05) is 18.8 Å². The molecule has 4 heteroatoms. The van der Waals surface area contributed by atoms with Gasteiger partial charge in [0.05, 0.1) is 5.60 Å². The number of rotatable bonds is 6. The van der Waals surface area contributed by atoms with Crippen LogP contribution in [-0.4, -0.2) is 40.0 Å². The number of carbonyl (C=O) groups is 1. The normalized spacial score (nSPS) is 18.5. The minimum absolute atomic E-state index is 0.00953. The average molecular weight is 407 g/mol. The van der Waals surface area contributed by atoms with Gasteiger partial charge in [0, 0.05) is 36.3 Å². The Hall–Kier alpha value is -2.43. The molecule has 2 aromatic carbocycles. The highest BCUT2D eigenvalue weighted by molar-refractivity contribution is 5.98. The molecule has 0 amide bonds. The minimum Gasteiger partial charge on any atom is -0.398 e. The third kappa shape index (κ3) is 5.80. The van der Waals surface area contributed by atoms with E-state index in [0.29, 0.717) is 24.2 Å². The summed E-state index contributed by atoms with van der Waals surface area (Å²) in [7, 11) is 0. The summed E-state index contributed by atoms with van der Waals surface area (Å²) >= 11 is 0. The molecule has 0 radical (unpaired) electrons. The van der Waals surface area contributed by atoms with E-state index in [1.165, 1.54) is 5.57 Å². The fourth-order valence-corrected chi connectivity index (χ4v) is 4.19. The summed E-state index contributed by atoms with van der Waals surface area (Å²) in [4.78, 5) is 15.0. The monoisotopic (exact) mass is 406 g/mol. The number of hydrogen-bond acceptors (Lipinski definition) is 4. The highest BCUT2D eigenvalue weighted by Gasteiger charge is 2.34. The quantitative estimate of drug-likeness (QED) is 0.538. The standard InChI is InChI=1S/C26H34N2O2/c1-25(2)17-20(13-14-28(25)18-26(3,4)30)15-19-9-11-21(12-10-19)24(29)16-22-7-5-6-8-23(22)27/h5-12,15,30H,13-14,16-18,27H2,1-4H3. The fourth-order valence-electron chi connectivity index (χ4n) is 4.19. The molecule has 1 aliphatic rings. The van der Waals surface area contributed by atoms with Crippen molar-refractivity contribution < 1.29 is 9.90 Å². The molecular weight excluding hydrogens is 372 g/mol. The van der Waals surface area contributed by atoms with E-state index in [1.807, 2.05) is 62.4 Å². The van der Waals surface area contributed by atoms with E-state index in [4.69, 9.17) is 5.73 Å². The Kier molecular flexibility index (Phi) is 6.49. The average Bonchev–Trinajstić information content (AvgIpc) is 2.65. The van der Waals surface area contributed by atoms with Crippen LogP contribution in [0.25, 0.3) is 6.08 Å². The van der Waals surface area contributed by atoms with Gasteiger partial charge in [-0.1, -0.05) is 54.1 Å². The number of nitrogen functional groups attached to an aromatic ring is 1. The lowest BCUT2D eigenvalue weighted by molar-refractivity contribution is -0.00836. The van der Waals surface area contributed by atoms with Crippen molar-refractivity contribution in [1.82, 2.24) is 4.90 Å². The molecule has 30 heavy (non-hydrogen) atoms. The van der Waals surface area contributed by atoms with Crippen LogP contribution in [-0.2, 0) is 6.42 Å². The van der Waals surface area contributed by atoms with E-state index in [-0.39, 0.29) is 11.3 Å². The number of β-amino-alcohol motifs (C(OH)–C–C–N with tert-alkyl or cyclic N) is 1. The lowest BCUT2D eigenvalue weighted by atomic mass is 9.85. The largest absolute Gasteiger partial charge is 0.398 e. The Balaban J connectivity index is 1.66. The smallest absolute Gasteiger partial charge is 0.167 e. The maximum atomic E-state index is 12.6. The van der Waals surface area contributed by atoms with Gasteiger partial charge in [-0.25, -0.2) is 0 Å². The van der Waals surface area contributed by atoms with Crippen LogP contribution in [0.4, 0.5) is 5.69 Å². The lowest BCUT2D eigenvalue weighted by Crippen LogP contribution is -2.53. The van der Waals surface area contributed by atoms with Gasteiger partial charge >= 0.3 is 0 Å². The first kappa shape index (κ1) is 22.3. The van der Waals surface area contributed by atoms with Gasteiger partial charge in [0.1, 0.15) is 0 Å². The first-order valence-electron chi connectivity index (χ1n) is 10.7. The first-order valence-corrected chi connectivity index (χ1v) is 10.7. The number of likely N-dealkylation sites (tertiary alicyclic amines) is 1. The second-order valence-corrected chi connectivity index (χ2v) is 9.70. The van der Waals surface area contributed by atoms with Crippen molar-refractivity contribution in [2.45, 2.75) is 58.1 Å². The van der Waals surface area contributed by atoms with Crippen LogP contribution in [0.2, 0.25) is 0 Å². The molecule has 0 bridgehead atoms. The molecule has 1 saturated heterocycles. The van der Waals surface area contributed by atoms with Crippen molar-refractivity contribution in [3.63, 3.8) is 0 Å². The minimum atomic E-state index is -0.689. The highest BCUT2D eigenvalue weighted by Crippen LogP contribution is 2.33. The highest BCUT2D eigenvalue weighted by atomic mass is 16.3. The maximum Gasteiger partial charge on any atom is 0.167 e. The molecule has 0 atom stereocenters. The van der Waals surface area contributed by atoms with Crippen molar-refractivity contribution >= 4 is 17.5 Å². The zero-order valence-electron chi connectivity index (χ0n) is 18.6. The molecule has 1 aliphatic heterocycles. The van der Waals surface area contributed by atoms with Crippen LogP contribution < -0.4 is 5.73 Å². The molecule has 0 saturated carbocycles. The van der Waals surface area contributed by atoms with E-state index < -0.39 is 5.60 Å². The molecule has 2 aromatic rings. The number of hydrogen-bond donors (Lipinski definition) is 2. The lowest BCUT2D eigenvalue weighted by Gasteiger charge is -2.45. The third-order valence-electron chi connectivity index (χ3n) is 5.81. The Morgan fingerprint density at radius 3 is 2.43 bits per heavy atom. The number of anilines is 1. The topological polar surface area (TPSA) is 66.6 Å². The molecule has 4 nitrogen and oxygen atoms in total. The van der Waals surface area contributed by atoms with Gasteiger partial charge in [0.25, 0.3) is 0 Å². The van der Waals surface area contributed by atoms with E-state index in [1.54, 1.807) is 0 Å². The van der Waals surface area contributed by atoms with Crippen LogP contribution in [0, 0.1) is 0 Å². The van der Waals surface area contributed by atoms with E-state index in [2.05, 4.69) is 24.8 Å². The predicted octanol–water partition coefficient (Wildman–Crippen LogP) is 4.72. The molecule has 0 aromatic heterocycles. The van der Waals surface area contributed by atoms with Crippen molar-refractivity contribution in [1.29, 1.82) is 0 Å².